The Bertz CT molecular complexity index is 628. The molecule has 0 saturated heterocycles. The predicted octanol–water partition coefficient (Wildman–Crippen LogP) is 3.19. The number of benzene rings is 1. The second-order valence-corrected chi connectivity index (χ2v) is 4.34. The lowest BCUT2D eigenvalue weighted by Crippen LogP contribution is -2.24. The molecule has 0 aliphatic heterocycles. The van der Waals surface area contributed by atoms with Crippen LogP contribution in [0.3, 0.4) is 0 Å². The largest absolute Gasteiger partial charge is 0.451 e. The van der Waals surface area contributed by atoms with Gasteiger partial charge in [0.25, 0.3) is 5.91 Å². The summed E-state index contributed by atoms with van der Waals surface area (Å²) in [5, 5.41) is 3.31. The lowest BCUT2D eigenvalue weighted by Gasteiger charge is -2.02. The van der Waals surface area contributed by atoms with Gasteiger partial charge in [0.1, 0.15) is 11.4 Å². The van der Waals surface area contributed by atoms with Crippen molar-refractivity contribution in [2.45, 2.75) is 13.8 Å². The molecule has 0 bridgehead atoms. The minimum atomic E-state index is -0.347. The first-order valence-electron chi connectivity index (χ1n) is 5.60. The minimum Gasteiger partial charge on any atom is -0.451 e. The molecule has 2 aromatic rings. The average molecular weight is 247 g/mol. The zero-order valence-corrected chi connectivity index (χ0v) is 10.3. The van der Waals surface area contributed by atoms with E-state index in [0.29, 0.717) is 23.1 Å². The van der Waals surface area contributed by atoms with Crippen molar-refractivity contribution in [3.05, 3.63) is 47.5 Å². The predicted molar refractivity (Wildman–Crippen MR) is 68.1 cm³/mol. The monoisotopic (exact) mass is 247 g/mol. The molecule has 0 unspecified atom stereocenters. The van der Waals surface area contributed by atoms with Crippen molar-refractivity contribution in [1.82, 2.24) is 5.32 Å². The summed E-state index contributed by atoms with van der Waals surface area (Å²) in [7, 11) is 0. The molecule has 1 amide bonds. The van der Waals surface area contributed by atoms with Crippen molar-refractivity contribution in [3.8, 4) is 0 Å². The molecular weight excluding hydrogens is 233 g/mol. The van der Waals surface area contributed by atoms with Gasteiger partial charge in [-0.2, -0.15) is 0 Å². The molecule has 0 aliphatic rings. The number of fused-ring (bicyclic) bond motifs is 1. The molecule has 0 atom stereocenters. The van der Waals surface area contributed by atoms with Crippen LogP contribution >= 0.6 is 0 Å². The van der Waals surface area contributed by atoms with E-state index in [4.69, 9.17) is 4.42 Å². The molecule has 1 N–H and O–H groups in total. The van der Waals surface area contributed by atoms with Crippen molar-refractivity contribution in [3.63, 3.8) is 0 Å². The fourth-order valence-corrected chi connectivity index (χ4v) is 1.72. The van der Waals surface area contributed by atoms with Crippen molar-refractivity contribution in [1.29, 1.82) is 0 Å². The molecule has 0 saturated carbocycles. The third kappa shape index (κ3) is 2.27. The Morgan fingerprint density at radius 2 is 2.22 bits per heavy atom. The second kappa shape index (κ2) is 4.64. The van der Waals surface area contributed by atoms with Gasteiger partial charge in [-0.05, 0) is 32.0 Å². The maximum absolute atomic E-state index is 13.1. The van der Waals surface area contributed by atoms with Crippen LogP contribution in [0.5, 0.6) is 0 Å². The number of rotatable bonds is 3. The van der Waals surface area contributed by atoms with Gasteiger partial charge in [-0.3, -0.25) is 4.79 Å². The lowest BCUT2D eigenvalue weighted by molar-refractivity contribution is 0.0930. The van der Waals surface area contributed by atoms with Crippen LogP contribution in [0, 0.1) is 12.7 Å². The van der Waals surface area contributed by atoms with E-state index < -0.39 is 0 Å². The Kier molecular flexibility index (Phi) is 3.19. The third-order valence-corrected chi connectivity index (χ3v) is 2.66. The van der Waals surface area contributed by atoms with Gasteiger partial charge in [0.15, 0.2) is 5.76 Å². The zero-order valence-electron chi connectivity index (χ0n) is 10.3. The van der Waals surface area contributed by atoms with E-state index in [2.05, 4.69) is 11.9 Å². The van der Waals surface area contributed by atoms with E-state index >= 15 is 0 Å². The molecule has 0 fully saturated rings. The Morgan fingerprint density at radius 3 is 2.89 bits per heavy atom. The van der Waals surface area contributed by atoms with Gasteiger partial charge in [-0.25, -0.2) is 4.39 Å². The number of halogens is 1. The molecule has 18 heavy (non-hydrogen) atoms. The molecule has 1 aromatic heterocycles. The van der Waals surface area contributed by atoms with Crippen LogP contribution in [0.4, 0.5) is 4.39 Å². The van der Waals surface area contributed by atoms with Gasteiger partial charge in [0.05, 0.1) is 0 Å². The van der Waals surface area contributed by atoms with Crippen LogP contribution in [-0.2, 0) is 0 Å². The number of amides is 1. The highest BCUT2D eigenvalue weighted by atomic mass is 19.1. The van der Waals surface area contributed by atoms with Gasteiger partial charge < -0.3 is 9.73 Å². The number of hydrogen-bond acceptors (Lipinski definition) is 2. The summed E-state index contributed by atoms with van der Waals surface area (Å²) >= 11 is 0. The minimum absolute atomic E-state index is 0.219. The SMILES string of the molecule is C=C(C)CNC(=O)c1oc2ccc(F)cc2c1C. The average Bonchev–Trinajstić information content (AvgIpc) is 2.64. The summed E-state index contributed by atoms with van der Waals surface area (Å²) in [6, 6.07) is 4.19. The summed E-state index contributed by atoms with van der Waals surface area (Å²) in [6.45, 7) is 7.65. The number of nitrogens with one attached hydrogen (secondary N) is 1. The number of aryl methyl sites for hydroxylation is 1. The standard InChI is InChI=1S/C14H14FNO2/c1-8(2)7-16-14(17)13-9(3)11-6-10(15)4-5-12(11)18-13/h4-6H,1,7H2,2-3H3,(H,16,17). The van der Waals surface area contributed by atoms with Crippen molar-refractivity contribution in [2.75, 3.05) is 6.54 Å². The summed E-state index contributed by atoms with van der Waals surface area (Å²) in [4.78, 5) is 11.9. The molecule has 3 nitrogen and oxygen atoms in total. The van der Waals surface area contributed by atoms with E-state index in [1.807, 2.05) is 6.92 Å². The Morgan fingerprint density at radius 1 is 1.50 bits per heavy atom. The highest BCUT2D eigenvalue weighted by Gasteiger charge is 2.17. The first-order valence-corrected chi connectivity index (χ1v) is 5.60. The highest BCUT2D eigenvalue weighted by molar-refractivity contribution is 5.98. The normalized spacial score (nSPS) is 10.6. The maximum atomic E-state index is 13.1. The van der Waals surface area contributed by atoms with E-state index in [0.717, 1.165) is 5.57 Å². The summed E-state index contributed by atoms with van der Waals surface area (Å²) in [5.74, 6) is -0.441. The van der Waals surface area contributed by atoms with Crippen LogP contribution < -0.4 is 5.32 Å². The highest BCUT2D eigenvalue weighted by Crippen LogP contribution is 2.25. The first kappa shape index (κ1) is 12.4. The van der Waals surface area contributed by atoms with Crippen molar-refractivity contribution >= 4 is 16.9 Å². The molecule has 0 spiro atoms. The van der Waals surface area contributed by atoms with Crippen LogP contribution in [0.15, 0.2) is 34.8 Å². The molecule has 0 aliphatic carbocycles. The van der Waals surface area contributed by atoms with Crippen LogP contribution in [0.25, 0.3) is 11.0 Å². The van der Waals surface area contributed by atoms with Crippen LogP contribution in [0.1, 0.15) is 23.0 Å². The van der Waals surface area contributed by atoms with Gasteiger partial charge >= 0.3 is 0 Å². The molecule has 4 heteroatoms. The maximum Gasteiger partial charge on any atom is 0.287 e. The van der Waals surface area contributed by atoms with Crippen LogP contribution in [-0.4, -0.2) is 12.5 Å². The molecule has 94 valence electrons. The molecule has 2 rings (SSSR count). The second-order valence-electron chi connectivity index (χ2n) is 4.34. The number of carbonyl (C=O) groups excluding carboxylic acids is 1. The number of hydrogen-bond donors (Lipinski definition) is 1. The van der Waals surface area contributed by atoms with E-state index in [1.165, 1.54) is 18.2 Å². The smallest absolute Gasteiger partial charge is 0.287 e. The Balaban J connectivity index is 2.36. The topological polar surface area (TPSA) is 42.2 Å². The van der Waals surface area contributed by atoms with Crippen molar-refractivity contribution in [2.24, 2.45) is 0 Å². The Hall–Kier alpha value is -2.10. The van der Waals surface area contributed by atoms with E-state index in [1.54, 1.807) is 6.92 Å². The van der Waals surface area contributed by atoms with Gasteiger partial charge in [-0.1, -0.05) is 12.2 Å². The Labute approximate surface area is 104 Å². The lowest BCUT2D eigenvalue weighted by atomic mass is 10.1. The van der Waals surface area contributed by atoms with Gasteiger partial charge in [0, 0.05) is 17.5 Å². The number of carbonyl (C=O) groups is 1. The van der Waals surface area contributed by atoms with E-state index in [-0.39, 0.29) is 17.5 Å². The van der Waals surface area contributed by atoms with Crippen molar-refractivity contribution < 1.29 is 13.6 Å². The molecule has 1 heterocycles. The summed E-state index contributed by atoms with van der Waals surface area (Å²) in [5.41, 5.74) is 2.00. The molecule has 1 aromatic carbocycles. The number of furan rings is 1. The molecular formula is C14H14FNO2. The zero-order chi connectivity index (χ0) is 13.3. The van der Waals surface area contributed by atoms with E-state index in [9.17, 15) is 9.18 Å². The van der Waals surface area contributed by atoms with Crippen LogP contribution in [0.2, 0.25) is 0 Å². The third-order valence-electron chi connectivity index (χ3n) is 2.66. The molecule has 0 radical (unpaired) electrons. The first-order chi connectivity index (χ1) is 8.49. The fourth-order valence-electron chi connectivity index (χ4n) is 1.72. The fraction of sp³-hybridized carbons (Fsp3) is 0.214. The van der Waals surface area contributed by atoms with Gasteiger partial charge in [-0.15, -0.1) is 0 Å². The van der Waals surface area contributed by atoms with Gasteiger partial charge in [0.2, 0.25) is 0 Å². The summed E-state index contributed by atoms with van der Waals surface area (Å²) < 4.78 is 18.6. The summed E-state index contributed by atoms with van der Waals surface area (Å²) in [6.07, 6.45) is 0. The quantitative estimate of drug-likeness (QED) is 0.846.